The molecule has 1 saturated heterocycles. The van der Waals surface area contributed by atoms with E-state index in [-0.39, 0.29) is 29.2 Å². The van der Waals surface area contributed by atoms with Gasteiger partial charge in [0.25, 0.3) is 18.1 Å². The van der Waals surface area contributed by atoms with Crippen LogP contribution in [0.1, 0.15) is 47.4 Å². The molecule has 10 heteroatoms. The van der Waals surface area contributed by atoms with E-state index in [0.29, 0.717) is 24.3 Å². The van der Waals surface area contributed by atoms with Gasteiger partial charge in [0.05, 0.1) is 17.5 Å². The fourth-order valence-electron chi connectivity index (χ4n) is 3.58. The number of nitrogens with zero attached hydrogens (tertiary/aromatic N) is 7. The largest absolute Gasteiger partial charge is 0.338 e. The van der Waals surface area contributed by atoms with Crippen LogP contribution in [0.5, 0.6) is 0 Å². The van der Waals surface area contributed by atoms with Crippen LogP contribution in [0.3, 0.4) is 0 Å². The standard InChI is InChI=1S/C17H19F2N7O/c1-10-3-4-25(16(27)11-6-21-24(2)7-11)8-12(10)14-5-13(15(18)19)23-17-20-9-22-26(14)17/h5-7,9-10,12,15H,3-4,8H2,1-2H3/t10-,12-/m1/s1. The highest BCUT2D eigenvalue weighted by atomic mass is 19.3. The third-order valence-electron chi connectivity index (χ3n) is 5.10. The van der Waals surface area contributed by atoms with Crippen molar-refractivity contribution in [3.8, 4) is 0 Å². The molecule has 4 rings (SSSR count). The molecule has 1 amide bonds. The van der Waals surface area contributed by atoms with Crippen molar-refractivity contribution in [1.29, 1.82) is 0 Å². The zero-order valence-electron chi connectivity index (χ0n) is 15.0. The van der Waals surface area contributed by atoms with Gasteiger partial charge in [-0.1, -0.05) is 6.92 Å². The monoisotopic (exact) mass is 375 g/mol. The van der Waals surface area contributed by atoms with E-state index in [9.17, 15) is 13.6 Å². The molecule has 0 radical (unpaired) electrons. The number of alkyl halides is 2. The van der Waals surface area contributed by atoms with Crippen molar-refractivity contribution in [1.82, 2.24) is 34.3 Å². The van der Waals surface area contributed by atoms with Gasteiger partial charge in [-0.2, -0.15) is 15.2 Å². The summed E-state index contributed by atoms with van der Waals surface area (Å²) in [7, 11) is 1.75. The van der Waals surface area contributed by atoms with Crippen molar-refractivity contribution in [3.63, 3.8) is 0 Å². The second kappa shape index (κ2) is 6.67. The van der Waals surface area contributed by atoms with E-state index in [0.717, 1.165) is 6.42 Å². The van der Waals surface area contributed by atoms with Gasteiger partial charge < -0.3 is 4.90 Å². The Kier molecular flexibility index (Phi) is 4.33. The van der Waals surface area contributed by atoms with Gasteiger partial charge in [0.2, 0.25) is 0 Å². The average Bonchev–Trinajstić information content (AvgIpc) is 3.29. The Morgan fingerprint density at radius 1 is 1.33 bits per heavy atom. The fourth-order valence-corrected chi connectivity index (χ4v) is 3.58. The van der Waals surface area contributed by atoms with E-state index in [4.69, 9.17) is 0 Å². The van der Waals surface area contributed by atoms with Crippen LogP contribution >= 0.6 is 0 Å². The van der Waals surface area contributed by atoms with E-state index in [1.807, 2.05) is 0 Å². The van der Waals surface area contributed by atoms with Crippen LogP contribution in [0.4, 0.5) is 8.78 Å². The summed E-state index contributed by atoms with van der Waals surface area (Å²) in [6.45, 7) is 3.08. The maximum Gasteiger partial charge on any atom is 0.280 e. The number of piperidine rings is 1. The van der Waals surface area contributed by atoms with Crippen molar-refractivity contribution < 1.29 is 13.6 Å². The number of hydrogen-bond acceptors (Lipinski definition) is 5. The summed E-state index contributed by atoms with van der Waals surface area (Å²) in [4.78, 5) is 22.4. The number of likely N-dealkylation sites (tertiary alicyclic amines) is 1. The van der Waals surface area contributed by atoms with Crippen molar-refractivity contribution >= 4 is 11.7 Å². The second-order valence-electron chi connectivity index (χ2n) is 6.90. The number of aromatic nitrogens is 6. The lowest BCUT2D eigenvalue weighted by molar-refractivity contribution is 0.0665. The van der Waals surface area contributed by atoms with E-state index in [1.54, 1.807) is 22.8 Å². The second-order valence-corrected chi connectivity index (χ2v) is 6.90. The molecule has 1 aliphatic heterocycles. The summed E-state index contributed by atoms with van der Waals surface area (Å²) < 4.78 is 29.6. The summed E-state index contributed by atoms with van der Waals surface area (Å²) in [6, 6.07) is 1.38. The molecule has 0 spiro atoms. The summed E-state index contributed by atoms with van der Waals surface area (Å²) >= 11 is 0. The summed E-state index contributed by atoms with van der Waals surface area (Å²) in [5, 5.41) is 8.19. The van der Waals surface area contributed by atoms with Crippen LogP contribution < -0.4 is 0 Å². The smallest absolute Gasteiger partial charge is 0.280 e. The first-order chi connectivity index (χ1) is 12.9. The molecule has 1 fully saturated rings. The van der Waals surface area contributed by atoms with E-state index < -0.39 is 6.43 Å². The number of fused-ring (bicyclic) bond motifs is 1. The molecule has 3 aromatic heterocycles. The number of amides is 1. The molecule has 0 aromatic carbocycles. The highest BCUT2D eigenvalue weighted by Crippen LogP contribution is 2.34. The van der Waals surface area contributed by atoms with Crippen LogP contribution in [0.25, 0.3) is 5.78 Å². The molecule has 0 aliphatic carbocycles. The van der Waals surface area contributed by atoms with Gasteiger partial charge in [-0.3, -0.25) is 9.48 Å². The SMILES string of the molecule is C[C@@H]1CCN(C(=O)c2cnn(C)c2)C[C@H]1c1cc(C(F)F)nc2ncnn12. The first kappa shape index (κ1) is 17.5. The fraction of sp³-hybridized carbons (Fsp3) is 0.471. The number of rotatable bonds is 3. The van der Waals surface area contributed by atoms with Crippen LogP contribution in [-0.2, 0) is 7.05 Å². The average molecular weight is 375 g/mol. The molecule has 4 heterocycles. The number of hydrogen-bond donors (Lipinski definition) is 0. The lowest BCUT2D eigenvalue weighted by atomic mass is 9.84. The van der Waals surface area contributed by atoms with Gasteiger partial charge in [-0.05, 0) is 18.4 Å². The first-order valence-corrected chi connectivity index (χ1v) is 8.70. The molecule has 0 bridgehead atoms. The van der Waals surface area contributed by atoms with Crippen LogP contribution in [0.15, 0.2) is 24.8 Å². The van der Waals surface area contributed by atoms with Gasteiger partial charge >= 0.3 is 0 Å². The molecule has 0 saturated carbocycles. The highest BCUT2D eigenvalue weighted by molar-refractivity contribution is 5.93. The lowest BCUT2D eigenvalue weighted by Gasteiger charge is -2.37. The van der Waals surface area contributed by atoms with Crippen molar-refractivity contribution in [2.75, 3.05) is 13.1 Å². The van der Waals surface area contributed by atoms with E-state index in [1.165, 1.54) is 23.1 Å². The normalized spacial score (nSPS) is 20.6. The predicted molar refractivity (Wildman–Crippen MR) is 91.4 cm³/mol. The number of aryl methyl sites for hydroxylation is 1. The Hall–Kier alpha value is -2.91. The number of carbonyl (C=O) groups is 1. The zero-order valence-corrected chi connectivity index (χ0v) is 15.0. The lowest BCUT2D eigenvalue weighted by Crippen LogP contribution is -2.42. The van der Waals surface area contributed by atoms with Crippen molar-refractivity contribution in [2.24, 2.45) is 13.0 Å². The Labute approximate surface area is 153 Å². The summed E-state index contributed by atoms with van der Waals surface area (Å²) in [5.74, 6) is 0.0797. The quantitative estimate of drug-likeness (QED) is 0.700. The van der Waals surface area contributed by atoms with Gasteiger partial charge in [-0.15, -0.1) is 0 Å². The molecule has 142 valence electrons. The Morgan fingerprint density at radius 3 is 2.85 bits per heavy atom. The first-order valence-electron chi connectivity index (χ1n) is 8.70. The van der Waals surface area contributed by atoms with E-state index >= 15 is 0 Å². The Balaban J connectivity index is 1.69. The summed E-state index contributed by atoms with van der Waals surface area (Å²) in [5.41, 5.74) is 0.789. The number of halogens is 2. The molecule has 0 N–H and O–H groups in total. The minimum atomic E-state index is -2.70. The van der Waals surface area contributed by atoms with Crippen LogP contribution in [-0.4, -0.2) is 53.3 Å². The maximum atomic E-state index is 13.3. The minimum Gasteiger partial charge on any atom is -0.338 e. The minimum absolute atomic E-state index is 0.113. The topological polar surface area (TPSA) is 81.2 Å². The van der Waals surface area contributed by atoms with Gasteiger partial charge in [-0.25, -0.2) is 18.3 Å². The van der Waals surface area contributed by atoms with Crippen LogP contribution in [0, 0.1) is 5.92 Å². The molecule has 27 heavy (non-hydrogen) atoms. The Bertz CT molecular complexity index is 983. The van der Waals surface area contributed by atoms with Crippen molar-refractivity contribution in [3.05, 3.63) is 41.7 Å². The molecule has 0 unspecified atom stereocenters. The molecule has 8 nitrogen and oxygen atoms in total. The molecule has 2 atom stereocenters. The van der Waals surface area contributed by atoms with Crippen LogP contribution in [0.2, 0.25) is 0 Å². The predicted octanol–water partition coefficient (Wildman–Crippen LogP) is 2.06. The summed E-state index contributed by atoms with van der Waals surface area (Å²) in [6.07, 6.45) is 2.57. The molecule has 3 aromatic rings. The van der Waals surface area contributed by atoms with Gasteiger partial charge in [0.1, 0.15) is 12.0 Å². The third-order valence-corrected chi connectivity index (χ3v) is 5.10. The van der Waals surface area contributed by atoms with Crippen molar-refractivity contribution in [2.45, 2.75) is 25.7 Å². The van der Waals surface area contributed by atoms with E-state index in [2.05, 4.69) is 27.1 Å². The Morgan fingerprint density at radius 2 is 2.15 bits per heavy atom. The maximum absolute atomic E-state index is 13.3. The molecular formula is C17H19F2N7O. The molecule has 1 aliphatic rings. The number of carbonyl (C=O) groups excluding carboxylic acids is 1. The third kappa shape index (κ3) is 3.15. The highest BCUT2D eigenvalue weighted by Gasteiger charge is 2.33. The zero-order chi connectivity index (χ0) is 19.1. The molecular weight excluding hydrogens is 356 g/mol. The van der Waals surface area contributed by atoms with Gasteiger partial charge in [0, 0.05) is 32.3 Å². The van der Waals surface area contributed by atoms with Gasteiger partial charge in [0.15, 0.2) is 0 Å².